The van der Waals surface area contributed by atoms with Gasteiger partial charge in [-0.3, -0.25) is 10.1 Å². The third-order valence-corrected chi connectivity index (χ3v) is 3.01. The van der Waals surface area contributed by atoms with Gasteiger partial charge in [-0.25, -0.2) is 0 Å². The highest BCUT2D eigenvalue weighted by Crippen LogP contribution is 2.45. The molecule has 20 heavy (non-hydrogen) atoms. The van der Waals surface area contributed by atoms with Gasteiger partial charge in [-0.1, -0.05) is 11.6 Å². The maximum absolute atomic E-state index is 11.1. The molecular formula is C11H16Cl2N2O5. The van der Waals surface area contributed by atoms with Crippen molar-refractivity contribution in [3.63, 3.8) is 0 Å². The van der Waals surface area contributed by atoms with E-state index in [1.54, 1.807) is 0 Å². The molecule has 1 atom stereocenters. The molecule has 0 saturated heterocycles. The highest BCUT2D eigenvalue weighted by Gasteiger charge is 2.28. The minimum atomic E-state index is -0.766. The number of nitro benzene ring substituents is 1. The zero-order valence-electron chi connectivity index (χ0n) is 11.0. The molecule has 0 saturated carbocycles. The number of nitrogens with zero attached hydrogens (tertiary/aromatic N) is 1. The fourth-order valence-electron chi connectivity index (χ4n) is 1.74. The summed E-state index contributed by atoms with van der Waals surface area (Å²) >= 11 is 6.10. The summed E-state index contributed by atoms with van der Waals surface area (Å²) in [4.78, 5) is 10.5. The summed E-state index contributed by atoms with van der Waals surface area (Å²) < 4.78 is 10.1. The summed E-state index contributed by atoms with van der Waals surface area (Å²) in [6.45, 7) is -0.205. The molecule has 0 radical (unpaired) electrons. The lowest BCUT2D eigenvalue weighted by Crippen LogP contribution is -2.15. The predicted octanol–water partition coefficient (Wildman–Crippen LogP) is 2.07. The Bertz CT molecular complexity index is 484. The molecule has 1 unspecified atom stereocenters. The Labute approximate surface area is 127 Å². The Morgan fingerprint density at radius 2 is 2.10 bits per heavy atom. The molecule has 0 aliphatic carbocycles. The Morgan fingerprint density at radius 3 is 2.50 bits per heavy atom. The summed E-state index contributed by atoms with van der Waals surface area (Å²) in [5.41, 5.74) is 5.68. The van der Waals surface area contributed by atoms with Gasteiger partial charge in [-0.2, -0.15) is 0 Å². The molecule has 0 aliphatic rings. The number of ether oxygens (including phenoxy) is 2. The molecule has 9 heteroatoms. The van der Waals surface area contributed by atoms with Gasteiger partial charge in [-0.05, 0) is 6.42 Å². The van der Waals surface area contributed by atoms with Crippen molar-refractivity contribution in [2.24, 2.45) is 5.73 Å². The topological polar surface area (TPSA) is 108 Å². The van der Waals surface area contributed by atoms with Crippen LogP contribution in [0.3, 0.4) is 0 Å². The van der Waals surface area contributed by atoms with Crippen LogP contribution < -0.4 is 15.2 Å². The number of benzene rings is 1. The first-order valence-corrected chi connectivity index (χ1v) is 5.80. The van der Waals surface area contributed by atoms with Gasteiger partial charge < -0.3 is 20.3 Å². The van der Waals surface area contributed by atoms with Crippen LogP contribution in [0.2, 0.25) is 5.02 Å². The summed E-state index contributed by atoms with van der Waals surface area (Å²) in [5.74, 6) is 0.331. The van der Waals surface area contributed by atoms with E-state index in [1.165, 1.54) is 20.3 Å². The second kappa shape index (κ2) is 8.11. The van der Waals surface area contributed by atoms with Gasteiger partial charge in [-0.15, -0.1) is 12.4 Å². The van der Waals surface area contributed by atoms with Crippen LogP contribution in [0.4, 0.5) is 5.69 Å². The smallest absolute Gasteiger partial charge is 0.279 e. The standard InChI is InChI=1S/C11H15ClN2O5.ClH/c1-18-8-5-7(14(16)17)9(6(13)3-4-15)10(12)11(8)19-2;/h5-6,15H,3-4,13H2,1-2H3;1H. The van der Waals surface area contributed by atoms with Gasteiger partial charge in [0.15, 0.2) is 11.5 Å². The van der Waals surface area contributed by atoms with Crippen LogP contribution in [0.5, 0.6) is 11.5 Å². The third kappa shape index (κ3) is 3.63. The van der Waals surface area contributed by atoms with E-state index in [9.17, 15) is 10.1 Å². The van der Waals surface area contributed by atoms with Crippen LogP contribution in [0, 0.1) is 10.1 Å². The number of aliphatic hydroxyl groups excluding tert-OH is 1. The zero-order chi connectivity index (χ0) is 14.6. The molecule has 0 fully saturated rings. The van der Waals surface area contributed by atoms with E-state index in [2.05, 4.69) is 0 Å². The van der Waals surface area contributed by atoms with Crippen LogP contribution >= 0.6 is 24.0 Å². The molecule has 0 amide bonds. The van der Waals surface area contributed by atoms with E-state index in [4.69, 9.17) is 31.9 Å². The number of aliphatic hydroxyl groups is 1. The maximum Gasteiger partial charge on any atom is 0.279 e. The van der Waals surface area contributed by atoms with E-state index >= 15 is 0 Å². The van der Waals surface area contributed by atoms with E-state index in [0.29, 0.717) is 0 Å². The Balaban J connectivity index is 0.00000361. The lowest BCUT2D eigenvalue weighted by atomic mass is 10.0. The molecule has 0 aromatic heterocycles. The first-order valence-electron chi connectivity index (χ1n) is 5.43. The van der Waals surface area contributed by atoms with Crippen molar-refractivity contribution in [3.05, 3.63) is 26.8 Å². The lowest BCUT2D eigenvalue weighted by Gasteiger charge is -2.17. The normalized spacial score (nSPS) is 11.4. The molecule has 3 N–H and O–H groups in total. The van der Waals surface area contributed by atoms with Crippen molar-refractivity contribution < 1.29 is 19.5 Å². The Kier molecular flexibility index (Phi) is 7.59. The number of halogens is 2. The molecule has 0 aliphatic heterocycles. The van der Waals surface area contributed by atoms with Gasteiger partial charge in [0.05, 0.1) is 35.8 Å². The van der Waals surface area contributed by atoms with Crippen LogP contribution in [-0.2, 0) is 0 Å². The van der Waals surface area contributed by atoms with Crippen molar-refractivity contribution in [2.75, 3.05) is 20.8 Å². The van der Waals surface area contributed by atoms with Crippen LogP contribution in [0.15, 0.2) is 6.07 Å². The molecule has 0 heterocycles. The van der Waals surface area contributed by atoms with Crippen LogP contribution in [-0.4, -0.2) is 30.9 Å². The highest BCUT2D eigenvalue weighted by molar-refractivity contribution is 6.33. The average Bonchev–Trinajstić information content (AvgIpc) is 2.37. The highest BCUT2D eigenvalue weighted by atomic mass is 35.5. The number of rotatable bonds is 6. The molecule has 7 nitrogen and oxygen atoms in total. The van der Waals surface area contributed by atoms with E-state index < -0.39 is 11.0 Å². The third-order valence-electron chi connectivity index (χ3n) is 2.64. The lowest BCUT2D eigenvalue weighted by molar-refractivity contribution is -0.385. The number of nitrogens with two attached hydrogens (primary N) is 1. The monoisotopic (exact) mass is 326 g/mol. The summed E-state index contributed by atoms with van der Waals surface area (Å²) in [5, 5.41) is 20.0. The summed E-state index contributed by atoms with van der Waals surface area (Å²) in [6, 6.07) is 0.440. The SMILES string of the molecule is COc1cc([N+](=O)[O-])c(C(N)CCO)c(Cl)c1OC.Cl. The number of methoxy groups -OCH3 is 2. The van der Waals surface area contributed by atoms with Gasteiger partial charge in [0.1, 0.15) is 0 Å². The number of nitro groups is 1. The van der Waals surface area contributed by atoms with Crippen molar-refractivity contribution in [3.8, 4) is 11.5 Å². The van der Waals surface area contributed by atoms with Crippen molar-refractivity contribution in [1.29, 1.82) is 0 Å². The second-order valence-electron chi connectivity index (χ2n) is 3.73. The van der Waals surface area contributed by atoms with E-state index in [1.807, 2.05) is 0 Å². The van der Waals surface area contributed by atoms with Gasteiger partial charge in [0.2, 0.25) is 0 Å². The summed E-state index contributed by atoms with van der Waals surface area (Å²) in [7, 11) is 2.72. The first kappa shape index (κ1) is 18.7. The quantitative estimate of drug-likeness (QED) is 0.612. The number of hydrogen-bond acceptors (Lipinski definition) is 6. The fourth-order valence-corrected chi connectivity index (χ4v) is 2.15. The molecule has 0 spiro atoms. The minimum Gasteiger partial charge on any atom is -0.493 e. The number of hydrogen-bond donors (Lipinski definition) is 2. The zero-order valence-corrected chi connectivity index (χ0v) is 12.5. The Morgan fingerprint density at radius 1 is 1.50 bits per heavy atom. The average molecular weight is 327 g/mol. The second-order valence-corrected chi connectivity index (χ2v) is 4.11. The van der Waals surface area contributed by atoms with Crippen molar-refractivity contribution >= 4 is 29.7 Å². The summed E-state index contributed by atoms with van der Waals surface area (Å²) in [6.07, 6.45) is 0.149. The maximum atomic E-state index is 11.1. The van der Waals surface area contributed by atoms with Crippen LogP contribution in [0.1, 0.15) is 18.0 Å². The van der Waals surface area contributed by atoms with E-state index in [0.717, 1.165) is 0 Å². The Hall–Kier alpha value is -1.28. The molecule has 1 aromatic carbocycles. The molecular weight excluding hydrogens is 311 g/mol. The molecule has 1 aromatic rings. The van der Waals surface area contributed by atoms with Gasteiger partial charge in [0, 0.05) is 12.6 Å². The molecule has 114 valence electrons. The first-order chi connectivity index (χ1) is 8.97. The van der Waals surface area contributed by atoms with Gasteiger partial charge in [0.25, 0.3) is 5.69 Å². The largest absolute Gasteiger partial charge is 0.493 e. The fraction of sp³-hybridized carbons (Fsp3) is 0.455. The minimum absolute atomic E-state index is 0. The van der Waals surface area contributed by atoms with E-state index in [-0.39, 0.29) is 53.2 Å². The van der Waals surface area contributed by atoms with Gasteiger partial charge >= 0.3 is 0 Å². The van der Waals surface area contributed by atoms with Crippen molar-refractivity contribution in [1.82, 2.24) is 0 Å². The van der Waals surface area contributed by atoms with Crippen molar-refractivity contribution in [2.45, 2.75) is 12.5 Å². The predicted molar refractivity (Wildman–Crippen MR) is 77.1 cm³/mol. The molecule has 1 rings (SSSR count). The molecule has 0 bridgehead atoms. The van der Waals surface area contributed by atoms with Crippen LogP contribution in [0.25, 0.3) is 0 Å².